The zero-order valence-electron chi connectivity index (χ0n) is 25.8. The fourth-order valence-corrected chi connectivity index (χ4v) is 7.74. The van der Waals surface area contributed by atoms with Gasteiger partial charge in [-0.05, 0) is 90.0 Å². The quantitative estimate of drug-likeness (QED) is 0.200. The molecule has 2 heterocycles. The average molecular weight is 531 g/mol. The molecule has 0 aliphatic heterocycles. The molecule has 40 heavy (non-hydrogen) atoms. The second-order valence-corrected chi connectivity index (χ2v) is 13.5. The zero-order valence-corrected chi connectivity index (χ0v) is 25.8. The minimum atomic E-state index is 0.0236. The third-order valence-corrected chi connectivity index (χ3v) is 9.15. The number of furan rings is 1. The number of hydrogen-bond acceptors (Lipinski definition) is 1. The van der Waals surface area contributed by atoms with E-state index in [9.17, 15) is 0 Å². The number of aromatic nitrogens is 1. The highest BCUT2D eigenvalue weighted by atomic mass is 16.3. The van der Waals surface area contributed by atoms with Gasteiger partial charge in [-0.25, -0.2) is 4.57 Å². The maximum atomic E-state index is 6.85. The minimum absolute atomic E-state index is 0.0236. The van der Waals surface area contributed by atoms with Crippen LogP contribution in [0.1, 0.15) is 88.1 Å². The minimum Gasteiger partial charge on any atom is -0.455 e. The van der Waals surface area contributed by atoms with Crippen molar-refractivity contribution in [2.45, 2.75) is 79.6 Å². The van der Waals surface area contributed by atoms with Gasteiger partial charge in [-0.3, -0.25) is 0 Å². The molecule has 0 bridgehead atoms. The molecule has 0 fully saturated rings. The van der Waals surface area contributed by atoms with Gasteiger partial charge in [0.05, 0.1) is 5.56 Å². The van der Waals surface area contributed by atoms with E-state index in [0.29, 0.717) is 17.8 Å². The summed E-state index contributed by atoms with van der Waals surface area (Å²) >= 11 is 0. The highest BCUT2D eigenvalue weighted by Crippen LogP contribution is 2.56. The summed E-state index contributed by atoms with van der Waals surface area (Å²) in [6.07, 6.45) is 4.60. The van der Waals surface area contributed by atoms with Crippen molar-refractivity contribution >= 4 is 21.9 Å². The monoisotopic (exact) mass is 530 g/mol. The normalized spacial score (nSPS) is 14.2. The molecule has 1 aliphatic carbocycles. The van der Waals surface area contributed by atoms with Gasteiger partial charge in [0.15, 0.2) is 6.20 Å². The van der Waals surface area contributed by atoms with Crippen molar-refractivity contribution in [3.8, 4) is 22.4 Å². The van der Waals surface area contributed by atoms with Crippen molar-refractivity contribution in [2.75, 3.05) is 0 Å². The Hall–Kier alpha value is -3.39. The Labute approximate surface area is 240 Å². The molecule has 0 radical (unpaired) electrons. The van der Waals surface area contributed by atoms with Gasteiger partial charge in [0.25, 0.3) is 0 Å². The van der Waals surface area contributed by atoms with Crippen LogP contribution in [0, 0.1) is 25.7 Å². The summed E-state index contributed by atoms with van der Waals surface area (Å²) in [5.74, 6) is 1.69. The number of pyridine rings is 1. The van der Waals surface area contributed by atoms with Crippen LogP contribution in [-0.2, 0) is 12.5 Å². The van der Waals surface area contributed by atoms with Crippen LogP contribution in [0.5, 0.6) is 0 Å². The molecule has 2 aromatic heterocycles. The molecule has 0 saturated carbocycles. The van der Waals surface area contributed by atoms with Crippen molar-refractivity contribution in [1.29, 1.82) is 0 Å². The molecule has 0 amide bonds. The highest BCUT2D eigenvalue weighted by molar-refractivity contribution is 6.11. The summed E-state index contributed by atoms with van der Waals surface area (Å²) in [5, 5.41) is 2.45. The van der Waals surface area contributed by atoms with E-state index in [1.165, 1.54) is 61.0 Å². The predicted molar refractivity (Wildman–Crippen MR) is 169 cm³/mol. The fraction of sp³-hybridized carbons (Fsp3) is 0.395. The Morgan fingerprint density at radius 3 is 2.12 bits per heavy atom. The number of hydrogen-bond donors (Lipinski definition) is 0. The van der Waals surface area contributed by atoms with Crippen molar-refractivity contribution in [2.24, 2.45) is 18.9 Å². The lowest BCUT2D eigenvalue weighted by Gasteiger charge is -2.35. The maximum Gasteiger partial charge on any atom is 0.216 e. The van der Waals surface area contributed by atoms with Gasteiger partial charge < -0.3 is 4.42 Å². The van der Waals surface area contributed by atoms with Gasteiger partial charge in [0, 0.05) is 27.8 Å². The van der Waals surface area contributed by atoms with Gasteiger partial charge >= 0.3 is 0 Å². The molecule has 1 aliphatic rings. The number of fused-ring (bicyclic) bond motifs is 6. The molecular formula is C38H44NO+. The topological polar surface area (TPSA) is 17.0 Å². The van der Waals surface area contributed by atoms with E-state index >= 15 is 0 Å². The Bertz CT molecular complexity index is 1750. The SMILES string of the molecule is Cc1cc(-c2c(C)ccc3c2oc2cc4c(cc23)C(CC(C)C)(CC(C)C)c2ccccc2-4)[n+](C)cc1C(C)C. The van der Waals surface area contributed by atoms with Crippen LogP contribution in [0.4, 0.5) is 0 Å². The van der Waals surface area contributed by atoms with Crippen LogP contribution in [-0.4, -0.2) is 0 Å². The van der Waals surface area contributed by atoms with Crippen molar-refractivity contribution in [3.05, 3.63) is 88.6 Å². The van der Waals surface area contributed by atoms with Crippen molar-refractivity contribution in [3.63, 3.8) is 0 Å². The van der Waals surface area contributed by atoms with E-state index in [0.717, 1.165) is 24.0 Å². The lowest BCUT2D eigenvalue weighted by molar-refractivity contribution is -0.660. The van der Waals surface area contributed by atoms with Crippen LogP contribution < -0.4 is 4.57 Å². The van der Waals surface area contributed by atoms with E-state index in [-0.39, 0.29) is 5.41 Å². The first kappa shape index (κ1) is 26.8. The van der Waals surface area contributed by atoms with E-state index < -0.39 is 0 Å². The van der Waals surface area contributed by atoms with Gasteiger partial charge in [0.1, 0.15) is 18.2 Å². The summed E-state index contributed by atoms with van der Waals surface area (Å²) in [7, 11) is 2.17. The fourth-order valence-electron chi connectivity index (χ4n) is 7.74. The van der Waals surface area contributed by atoms with Crippen LogP contribution in [0.25, 0.3) is 44.3 Å². The summed E-state index contributed by atoms with van der Waals surface area (Å²) in [4.78, 5) is 0. The maximum absolute atomic E-state index is 6.85. The number of aryl methyl sites for hydroxylation is 3. The van der Waals surface area contributed by atoms with E-state index in [1.807, 2.05) is 0 Å². The van der Waals surface area contributed by atoms with Crippen molar-refractivity contribution in [1.82, 2.24) is 0 Å². The molecule has 3 aromatic carbocycles. The first-order chi connectivity index (χ1) is 19.0. The van der Waals surface area contributed by atoms with Crippen molar-refractivity contribution < 1.29 is 8.98 Å². The van der Waals surface area contributed by atoms with Crippen LogP contribution in [0.15, 0.2) is 65.2 Å². The molecule has 0 atom stereocenters. The molecule has 2 nitrogen and oxygen atoms in total. The van der Waals surface area contributed by atoms with E-state index in [4.69, 9.17) is 4.42 Å². The Balaban J connectivity index is 1.65. The first-order valence-electron chi connectivity index (χ1n) is 15.1. The number of benzene rings is 3. The highest BCUT2D eigenvalue weighted by Gasteiger charge is 2.44. The summed E-state index contributed by atoms with van der Waals surface area (Å²) in [6.45, 7) is 18.5. The molecule has 0 unspecified atom stereocenters. The molecule has 0 saturated heterocycles. The summed E-state index contributed by atoms with van der Waals surface area (Å²) in [5.41, 5.74) is 14.1. The summed E-state index contributed by atoms with van der Waals surface area (Å²) in [6, 6.07) is 20.8. The number of rotatable bonds is 6. The third kappa shape index (κ3) is 4.02. The van der Waals surface area contributed by atoms with E-state index in [1.54, 1.807) is 0 Å². The predicted octanol–water partition coefficient (Wildman–Crippen LogP) is 10.2. The lowest BCUT2D eigenvalue weighted by Crippen LogP contribution is -2.32. The van der Waals surface area contributed by atoms with Crippen LogP contribution >= 0.6 is 0 Å². The largest absolute Gasteiger partial charge is 0.455 e. The second kappa shape index (κ2) is 9.61. The van der Waals surface area contributed by atoms with Crippen LogP contribution in [0.2, 0.25) is 0 Å². The van der Waals surface area contributed by atoms with Crippen LogP contribution in [0.3, 0.4) is 0 Å². The Kier molecular flexibility index (Phi) is 6.44. The summed E-state index contributed by atoms with van der Waals surface area (Å²) < 4.78 is 9.13. The average Bonchev–Trinajstić information content (AvgIpc) is 3.36. The molecular weight excluding hydrogens is 486 g/mol. The molecule has 5 aromatic rings. The van der Waals surface area contributed by atoms with Gasteiger partial charge in [-0.1, -0.05) is 77.9 Å². The first-order valence-corrected chi connectivity index (χ1v) is 15.1. The zero-order chi connectivity index (χ0) is 28.5. The molecule has 6 rings (SSSR count). The number of nitrogens with zero attached hydrogens (tertiary/aromatic N) is 1. The van der Waals surface area contributed by atoms with E-state index in [2.05, 4.69) is 128 Å². The Morgan fingerprint density at radius 1 is 0.750 bits per heavy atom. The molecule has 0 N–H and O–H groups in total. The Morgan fingerprint density at radius 2 is 1.45 bits per heavy atom. The van der Waals surface area contributed by atoms with Gasteiger partial charge in [-0.15, -0.1) is 0 Å². The standard InChI is InChI=1S/C38H44NO/c1-22(2)19-38(20-23(3)4)32-13-11-10-12-27(32)29-18-35-30(17-33(29)38)28-15-14-25(7)36(37(28)40-35)34-16-26(8)31(24(5)6)21-39(34)9/h10-18,21-24H,19-20H2,1-9H3/q+1. The second-order valence-electron chi connectivity index (χ2n) is 13.5. The molecule has 206 valence electrons. The third-order valence-electron chi connectivity index (χ3n) is 9.15. The van der Waals surface area contributed by atoms with Gasteiger partial charge in [-0.2, -0.15) is 0 Å². The lowest BCUT2D eigenvalue weighted by atomic mass is 9.68. The molecule has 2 heteroatoms. The smallest absolute Gasteiger partial charge is 0.216 e. The molecule has 0 spiro atoms. The van der Waals surface area contributed by atoms with Gasteiger partial charge in [0.2, 0.25) is 5.69 Å².